The third kappa shape index (κ3) is 4.45. The van der Waals surface area contributed by atoms with E-state index in [-0.39, 0.29) is 5.91 Å². The van der Waals surface area contributed by atoms with E-state index in [9.17, 15) is 4.79 Å². The first-order valence-corrected chi connectivity index (χ1v) is 8.52. The van der Waals surface area contributed by atoms with Gasteiger partial charge in [0.15, 0.2) is 0 Å². The third-order valence-electron chi connectivity index (χ3n) is 4.23. The highest BCUT2D eigenvalue weighted by Gasteiger charge is 2.13. The summed E-state index contributed by atoms with van der Waals surface area (Å²) in [4.78, 5) is 14.5. The molecule has 5 heteroatoms. The van der Waals surface area contributed by atoms with Gasteiger partial charge in [-0.1, -0.05) is 32.0 Å². The zero-order valence-corrected chi connectivity index (χ0v) is 15.4. The number of benzene rings is 1. The molecule has 2 rings (SSSR count). The van der Waals surface area contributed by atoms with Crippen LogP contribution in [0.15, 0.2) is 24.4 Å². The Bertz CT molecular complexity index is 683. The molecule has 0 aliphatic rings. The molecule has 24 heavy (non-hydrogen) atoms. The van der Waals surface area contributed by atoms with Gasteiger partial charge < -0.3 is 5.32 Å². The maximum Gasteiger partial charge on any atom is 0.238 e. The molecule has 1 amide bonds. The molecular weight excluding hydrogens is 300 g/mol. The quantitative estimate of drug-likeness (QED) is 0.850. The second-order valence-corrected chi connectivity index (χ2v) is 6.29. The highest BCUT2D eigenvalue weighted by atomic mass is 16.2. The molecule has 5 nitrogen and oxygen atoms in total. The highest BCUT2D eigenvalue weighted by molar-refractivity contribution is 5.93. The Morgan fingerprint density at radius 1 is 1.21 bits per heavy atom. The number of carbonyl (C=O) groups is 1. The van der Waals surface area contributed by atoms with Gasteiger partial charge in [-0.3, -0.25) is 14.4 Å². The summed E-state index contributed by atoms with van der Waals surface area (Å²) >= 11 is 0. The zero-order valence-electron chi connectivity index (χ0n) is 15.4. The molecule has 1 aromatic carbocycles. The third-order valence-corrected chi connectivity index (χ3v) is 4.23. The van der Waals surface area contributed by atoms with Gasteiger partial charge in [0.05, 0.1) is 12.2 Å². The van der Waals surface area contributed by atoms with Crippen molar-refractivity contribution in [3.05, 3.63) is 46.8 Å². The van der Waals surface area contributed by atoms with E-state index in [2.05, 4.69) is 42.5 Å². The normalized spacial score (nSPS) is 11.1. The van der Waals surface area contributed by atoms with Crippen molar-refractivity contribution in [3.8, 4) is 0 Å². The maximum absolute atomic E-state index is 12.5. The van der Waals surface area contributed by atoms with Gasteiger partial charge in [-0.15, -0.1) is 0 Å². The van der Waals surface area contributed by atoms with E-state index in [1.54, 1.807) is 0 Å². The number of likely N-dealkylation sites (N-methyl/N-ethyl adjacent to an activating group) is 1. The number of anilines is 1. The van der Waals surface area contributed by atoms with Crippen LogP contribution in [0.2, 0.25) is 0 Å². The van der Waals surface area contributed by atoms with Crippen LogP contribution in [0.25, 0.3) is 0 Å². The summed E-state index contributed by atoms with van der Waals surface area (Å²) in [5, 5.41) is 7.46. The Morgan fingerprint density at radius 3 is 2.33 bits per heavy atom. The number of amides is 1. The van der Waals surface area contributed by atoms with E-state index in [0.29, 0.717) is 13.1 Å². The number of hydrogen-bond acceptors (Lipinski definition) is 3. The lowest BCUT2D eigenvalue weighted by molar-refractivity contribution is -0.117. The van der Waals surface area contributed by atoms with Gasteiger partial charge in [-0.25, -0.2) is 0 Å². The topological polar surface area (TPSA) is 50.2 Å². The van der Waals surface area contributed by atoms with Crippen LogP contribution in [0.1, 0.15) is 36.2 Å². The van der Waals surface area contributed by atoms with Crippen LogP contribution in [0.3, 0.4) is 0 Å². The molecule has 0 radical (unpaired) electrons. The first-order chi connectivity index (χ1) is 11.4. The molecule has 0 aliphatic carbocycles. The Labute approximate surface area is 144 Å². The van der Waals surface area contributed by atoms with Crippen molar-refractivity contribution in [2.45, 2.75) is 40.2 Å². The minimum atomic E-state index is 0.0228. The second kappa shape index (κ2) is 8.11. The summed E-state index contributed by atoms with van der Waals surface area (Å²) in [6, 6.07) is 6.22. The molecule has 2 aromatic rings. The number of nitrogens with one attached hydrogen (secondary N) is 1. The standard InChI is InChI=1S/C19H28N4O/c1-6-15-9-8-10-16(7-2)19(15)20-18(24)13-22(4)11-17-12-23(5)21-14(17)3/h8-10,12H,6-7,11,13H2,1-5H3,(H,20,24). The molecule has 0 saturated carbocycles. The zero-order chi connectivity index (χ0) is 17.7. The van der Waals surface area contributed by atoms with E-state index >= 15 is 0 Å². The predicted molar refractivity (Wildman–Crippen MR) is 98.1 cm³/mol. The van der Waals surface area contributed by atoms with Gasteiger partial charge in [-0.2, -0.15) is 5.10 Å². The molecule has 1 heterocycles. The van der Waals surface area contributed by atoms with Crippen LogP contribution in [0.4, 0.5) is 5.69 Å². The van der Waals surface area contributed by atoms with Crippen LogP contribution >= 0.6 is 0 Å². The van der Waals surface area contributed by atoms with Crippen molar-refractivity contribution in [2.24, 2.45) is 7.05 Å². The number of hydrogen-bond donors (Lipinski definition) is 1. The fraction of sp³-hybridized carbons (Fsp3) is 0.474. The van der Waals surface area contributed by atoms with E-state index in [4.69, 9.17) is 0 Å². The molecule has 0 spiro atoms. The smallest absolute Gasteiger partial charge is 0.238 e. The molecule has 130 valence electrons. The minimum Gasteiger partial charge on any atom is -0.324 e. The largest absolute Gasteiger partial charge is 0.324 e. The van der Waals surface area contributed by atoms with Gasteiger partial charge in [0.2, 0.25) is 5.91 Å². The van der Waals surface area contributed by atoms with E-state index < -0.39 is 0 Å². The van der Waals surface area contributed by atoms with Crippen LogP contribution in [0.5, 0.6) is 0 Å². The van der Waals surface area contributed by atoms with Gasteiger partial charge >= 0.3 is 0 Å². The van der Waals surface area contributed by atoms with Gasteiger partial charge in [0, 0.05) is 31.0 Å². The minimum absolute atomic E-state index is 0.0228. The Morgan fingerprint density at radius 2 is 1.83 bits per heavy atom. The van der Waals surface area contributed by atoms with E-state index in [1.807, 2.05) is 36.8 Å². The summed E-state index contributed by atoms with van der Waals surface area (Å²) in [6.07, 6.45) is 3.83. The molecule has 0 fully saturated rings. The Hall–Kier alpha value is -2.14. The highest BCUT2D eigenvalue weighted by Crippen LogP contribution is 2.22. The van der Waals surface area contributed by atoms with Crippen LogP contribution in [-0.2, 0) is 31.2 Å². The summed E-state index contributed by atoms with van der Waals surface area (Å²) < 4.78 is 1.81. The van der Waals surface area contributed by atoms with Gasteiger partial charge in [0.25, 0.3) is 0 Å². The predicted octanol–water partition coefficient (Wildman–Crippen LogP) is 2.92. The van der Waals surface area contributed by atoms with Crippen molar-refractivity contribution in [3.63, 3.8) is 0 Å². The first kappa shape index (κ1) is 18.2. The number of carbonyl (C=O) groups excluding carboxylic acids is 1. The van der Waals surface area contributed by atoms with Crippen LogP contribution in [-0.4, -0.2) is 34.2 Å². The Kier molecular flexibility index (Phi) is 6.15. The van der Waals surface area contributed by atoms with Gasteiger partial charge in [-0.05, 0) is 37.9 Å². The lowest BCUT2D eigenvalue weighted by Gasteiger charge is -2.18. The molecule has 1 aromatic heterocycles. The molecular formula is C19H28N4O. The van der Waals surface area contributed by atoms with Crippen LogP contribution in [0, 0.1) is 6.92 Å². The van der Waals surface area contributed by atoms with E-state index in [0.717, 1.165) is 29.8 Å². The van der Waals surface area contributed by atoms with Crippen molar-refractivity contribution in [1.29, 1.82) is 0 Å². The lowest BCUT2D eigenvalue weighted by atomic mass is 10.0. The average molecular weight is 328 g/mol. The molecule has 0 atom stereocenters. The summed E-state index contributed by atoms with van der Waals surface area (Å²) in [5.41, 5.74) is 5.52. The molecule has 0 bridgehead atoms. The first-order valence-electron chi connectivity index (χ1n) is 8.52. The monoisotopic (exact) mass is 328 g/mol. The second-order valence-electron chi connectivity index (χ2n) is 6.29. The summed E-state index contributed by atoms with van der Waals surface area (Å²) in [7, 11) is 3.87. The lowest BCUT2D eigenvalue weighted by Crippen LogP contribution is -2.30. The van der Waals surface area contributed by atoms with Crippen LogP contribution < -0.4 is 5.32 Å². The number of aryl methyl sites for hydroxylation is 4. The fourth-order valence-corrected chi connectivity index (χ4v) is 2.98. The number of para-hydroxylation sites is 1. The fourth-order valence-electron chi connectivity index (χ4n) is 2.98. The number of aromatic nitrogens is 2. The molecule has 0 unspecified atom stereocenters. The maximum atomic E-state index is 12.5. The number of rotatable bonds is 7. The summed E-state index contributed by atoms with van der Waals surface area (Å²) in [5.74, 6) is 0.0228. The van der Waals surface area contributed by atoms with Crippen molar-refractivity contribution < 1.29 is 4.79 Å². The Balaban J connectivity index is 2.02. The summed E-state index contributed by atoms with van der Waals surface area (Å²) in [6.45, 7) is 7.29. The van der Waals surface area contributed by atoms with E-state index in [1.165, 1.54) is 11.1 Å². The van der Waals surface area contributed by atoms with Crippen molar-refractivity contribution >= 4 is 11.6 Å². The molecule has 0 saturated heterocycles. The SMILES string of the molecule is CCc1cccc(CC)c1NC(=O)CN(C)Cc1cn(C)nc1C. The van der Waals surface area contributed by atoms with Crippen molar-refractivity contribution in [2.75, 3.05) is 18.9 Å². The van der Waals surface area contributed by atoms with Gasteiger partial charge in [0.1, 0.15) is 0 Å². The van der Waals surface area contributed by atoms with Crippen molar-refractivity contribution in [1.82, 2.24) is 14.7 Å². The molecule has 0 aliphatic heterocycles. The molecule has 1 N–H and O–H groups in total. The average Bonchev–Trinajstić information content (AvgIpc) is 2.84. The number of nitrogens with zero attached hydrogens (tertiary/aromatic N) is 3.